The van der Waals surface area contributed by atoms with Gasteiger partial charge in [0.15, 0.2) is 0 Å². The molecule has 2 heterocycles. The number of hydrogen-bond donors (Lipinski definition) is 1. The third kappa shape index (κ3) is 1.84. The third-order valence-electron chi connectivity index (χ3n) is 4.30. The Morgan fingerprint density at radius 2 is 2.22 bits per heavy atom. The highest BCUT2D eigenvalue weighted by atomic mass is 15.3. The monoisotopic (exact) mass is 246 g/mol. The number of anilines is 2. The molecule has 4 heteroatoms. The van der Waals surface area contributed by atoms with E-state index in [-0.39, 0.29) is 0 Å². The van der Waals surface area contributed by atoms with Gasteiger partial charge in [-0.05, 0) is 38.5 Å². The van der Waals surface area contributed by atoms with Crippen LogP contribution in [-0.2, 0) is 6.42 Å². The summed E-state index contributed by atoms with van der Waals surface area (Å²) in [7, 11) is 0. The van der Waals surface area contributed by atoms with Crippen LogP contribution in [0.25, 0.3) is 0 Å². The zero-order chi connectivity index (χ0) is 12.5. The van der Waals surface area contributed by atoms with Crippen LogP contribution in [0.3, 0.4) is 0 Å². The summed E-state index contributed by atoms with van der Waals surface area (Å²) in [5, 5.41) is 3.36. The molecule has 1 aliphatic carbocycles. The van der Waals surface area contributed by atoms with Gasteiger partial charge in [-0.3, -0.25) is 0 Å². The summed E-state index contributed by atoms with van der Waals surface area (Å²) in [6, 6.07) is 0.727. The summed E-state index contributed by atoms with van der Waals surface area (Å²) in [6.07, 6.45) is 6.82. The van der Waals surface area contributed by atoms with Gasteiger partial charge in [0.2, 0.25) is 0 Å². The van der Waals surface area contributed by atoms with Gasteiger partial charge in [-0.2, -0.15) is 0 Å². The molecular weight excluding hydrogens is 224 g/mol. The molecule has 3 rings (SSSR count). The molecular formula is C14H22N4. The minimum Gasteiger partial charge on any atom is -0.370 e. The largest absolute Gasteiger partial charge is 0.370 e. The zero-order valence-corrected chi connectivity index (χ0v) is 11.3. The summed E-state index contributed by atoms with van der Waals surface area (Å²) >= 11 is 0. The molecule has 0 radical (unpaired) electrons. The van der Waals surface area contributed by atoms with Crippen LogP contribution >= 0.6 is 0 Å². The molecule has 1 aliphatic heterocycles. The molecule has 2 bridgehead atoms. The fourth-order valence-corrected chi connectivity index (χ4v) is 3.48. The van der Waals surface area contributed by atoms with E-state index in [0.717, 1.165) is 30.7 Å². The van der Waals surface area contributed by atoms with Gasteiger partial charge in [-0.1, -0.05) is 6.92 Å². The zero-order valence-electron chi connectivity index (χ0n) is 11.3. The second-order valence-corrected chi connectivity index (χ2v) is 5.39. The van der Waals surface area contributed by atoms with Crippen LogP contribution < -0.4 is 10.2 Å². The molecule has 2 atom stereocenters. The minimum absolute atomic E-state index is 0.727. The number of piperidine rings is 1. The lowest BCUT2D eigenvalue weighted by atomic mass is 10.1. The molecule has 4 nitrogen and oxygen atoms in total. The topological polar surface area (TPSA) is 41.1 Å². The van der Waals surface area contributed by atoms with Crippen LogP contribution in [0.2, 0.25) is 0 Å². The van der Waals surface area contributed by atoms with Gasteiger partial charge in [-0.25, -0.2) is 9.97 Å². The van der Waals surface area contributed by atoms with Crippen LogP contribution in [0.1, 0.15) is 38.7 Å². The lowest BCUT2D eigenvalue weighted by molar-refractivity contribution is 0.549. The molecule has 2 unspecified atom stereocenters. The molecule has 2 fully saturated rings. The third-order valence-corrected chi connectivity index (χ3v) is 4.30. The Morgan fingerprint density at radius 1 is 1.33 bits per heavy atom. The number of fused-ring (bicyclic) bond motifs is 2. The van der Waals surface area contributed by atoms with Crippen molar-refractivity contribution >= 4 is 11.6 Å². The number of hydrogen-bond acceptors (Lipinski definition) is 4. The van der Waals surface area contributed by atoms with Crippen LogP contribution in [0.4, 0.5) is 11.6 Å². The predicted octanol–water partition coefficient (Wildman–Crippen LogP) is 2.46. The summed E-state index contributed by atoms with van der Waals surface area (Å²) in [6.45, 7) is 6.41. The van der Waals surface area contributed by atoms with Gasteiger partial charge < -0.3 is 10.2 Å². The van der Waals surface area contributed by atoms with Crippen LogP contribution in [0.5, 0.6) is 0 Å². The smallest absolute Gasteiger partial charge is 0.137 e. The Labute approximate surface area is 109 Å². The summed E-state index contributed by atoms with van der Waals surface area (Å²) in [4.78, 5) is 11.5. The first kappa shape index (κ1) is 11.8. The Kier molecular flexibility index (Phi) is 3.10. The van der Waals surface area contributed by atoms with Gasteiger partial charge in [-0.15, -0.1) is 0 Å². The number of rotatable bonds is 4. The van der Waals surface area contributed by atoms with E-state index in [2.05, 4.69) is 34.0 Å². The van der Waals surface area contributed by atoms with E-state index in [0.29, 0.717) is 0 Å². The second-order valence-electron chi connectivity index (χ2n) is 5.39. The molecule has 1 saturated carbocycles. The summed E-state index contributed by atoms with van der Waals surface area (Å²) < 4.78 is 0. The molecule has 98 valence electrons. The molecule has 0 spiro atoms. The molecule has 1 N–H and O–H groups in total. The van der Waals surface area contributed by atoms with E-state index in [1.165, 1.54) is 37.2 Å². The number of aromatic nitrogens is 2. The summed E-state index contributed by atoms with van der Waals surface area (Å²) in [5.74, 6) is 3.10. The fraction of sp³-hybridized carbons (Fsp3) is 0.714. The molecule has 0 amide bonds. The molecule has 1 aromatic heterocycles. The normalized spacial score (nSPS) is 25.8. The van der Waals surface area contributed by atoms with Gasteiger partial charge >= 0.3 is 0 Å². The van der Waals surface area contributed by atoms with Crippen molar-refractivity contribution < 1.29 is 0 Å². The van der Waals surface area contributed by atoms with Gasteiger partial charge in [0.25, 0.3) is 0 Å². The lowest BCUT2D eigenvalue weighted by Crippen LogP contribution is -2.33. The van der Waals surface area contributed by atoms with E-state index in [1.54, 1.807) is 6.33 Å². The van der Waals surface area contributed by atoms with Gasteiger partial charge in [0.05, 0.1) is 0 Å². The van der Waals surface area contributed by atoms with E-state index < -0.39 is 0 Å². The highest BCUT2D eigenvalue weighted by Gasteiger charge is 2.39. The molecule has 1 aromatic rings. The van der Waals surface area contributed by atoms with Crippen molar-refractivity contribution in [1.82, 2.24) is 9.97 Å². The average Bonchev–Trinajstić information content (AvgIpc) is 3.01. The van der Waals surface area contributed by atoms with Gasteiger partial charge in [0.1, 0.15) is 18.0 Å². The van der Waals surface area contributed by atoms with Crippen molar-refractivity contribution in [3.05, 3.63) is 11.9 Å². The number of nitrogens with one attached hydrogen (secondary N) is 1. The molecule has 0 aromatic carbocycles. The van der Waals surface area contributed by atoms with Crippen LogP contribution in [0, 0.1) is 5.92 Å². The average molecular weight is 246 g/mol. The van der Waals surface area contributed by atoms with Crippen molar-refractivity contribution in [3.8, 4) is 0 Å². The van der Waals surface area contributed by atoms with E-state index in [4.69, 9.17) is 0 Å². The highest BCUT2D eigenvalue weighted by molar-refractivity contribution is 5.60. The maximum absolute atomic E-state index is 4.57. The van der Waals surface area contributed by atoms with Crippen molar-refractivity contribution in [2.24, 2.45) is 5.92 Å². The van der Waals surface area contributed by atoms with E-state index >= 15 is 0 Å². The van der Waals surface area contributed by atoms with Crippen molar-refractivity contribution in [1.29, 1.82) is 0 Å². The van der Waals surface area contributed by atoms with Crippen molar-refractivity contribution in [2.45, 2.75) is 45.6 Å². The molecule has 18 heavy (non-hydrogen) atoms. The maximum Gasteiger partial charge on any atom is 0.137 e. The Bertz CT molecular complexity index is 432. The molecule has 2 aliphatic rings. The first-order valence-corrected chi connectivity index (χ1v) is 7.17. The van der Waals surface area contributed by atoms with Crippen molar-refractivity contribution in [2.75, 3.05) is 23.3 Å². The first-order valence-electron chi connectivity index (χ1n) is 7.17. The van der Waals surface area contributed by atoms with Crippen molar-refractivity contribution in [3.63, 3.8) is 0 Å². The second kappa shape index (κ2) is 4.75. The van der Waals surface area contributed by atoms with E-state index in [9.17, 15) is 0 Å². The Morgan fingerprint density at radius 3 is 2.83 bits per heavy atom. The van der Waals surface area contributed by atoms with Crippen LogP contribution in [0.15, 0.2) is 6.33 Å². The van der Waals surface area contributed by atoms with Gasteiger partial charge in [0, 0.05) is 24.7 Å². The minimum atomic E-state index is 0.727. The number of nitrogens with zero attached hydrogens (tertiary/aromatic N) is 3. The Hall–Kier alpha value is -1.32. The molecule has 1 saturated heterocycles. The highest BCUT2D eigenvalue weighted by Crippen LogP contribution is 2.41. The summed E-state index contributed by atoms with van der Waals surface area (Å²) in [5.41, 5.74) is 1.28. The standard InChI is InChI=1S/C14H22N4/c1-3-12-13(15-4-2)16-9-17-14(12)18-8-10-5-6-11(18)7-10/h9-11H,3-8H2,1-2H3,(H,15,16,17). The van der Waals surface area contributed by atoms with E-state index in [1.807, 2.05) is 0 Å². The fourth-order valence-electron chi connectivity index (χ4n) is 3.48. The maximum atomic E-state index is 4.57. The Balaban J connectivity index is 1.93. The predicted molar refractivity (Wildman–Crippen MR) is 74.0 cm³/mol. The SMILES string of the molecule is CCNc1ncnc(N2CC3CCC2C3)c1CC. The van der Waals surface area contributed by atoms with Crippen LogP contribution in [-0.4, -0.2) is 29.1 Å². The first-order chi connectivity index (χ1) is 8.83. The lowest BCUT2D eigenvalue weighted by Gasteiger charge is -2.30. The quantitative estimate of drug-likeness (QED) is 0.886.